The predicted octanol–water partition coefficient (Wildman–Crippen LogP) is 4.12. The molecule has 0 unspecified atom stereocenters. The quantitative estimate of drug-likeness (QED) is 0.823. The molecule has 0 spiro atoms. The third-order valence-corrected chi connectivity index (χ3v) is 5.40. The lowest BCUT2D eigenvalue weighted by Crippen LogP contribution is -2.36. The number of piperidine rings is 1. The van der Waals surface area contributed by atoms with E-state index in [1.807, 2.05) is 6.20 Å². The summed E-state index contributed by atoms with van der Waals surface area (Å²) in [4.78, 5) is 0. The van der Waals surface area contributed by atoms with E-state index in [4.69, 9.17) is 10.00 Å². The topological polar surface area (TPSA) is 68.5 Å². The molecule has 0 amide bonds. The van der Waals surface area contributed by atoms with Crippen LogP contribution in [0.2, 0.25) is 0 Å². The Kier molecular flexibility index (Phi) is 5.61. The minimum atomic E-state index is 0.121. The molecule has 2 heterocycles. The number of nitrogens with one attached hydrogen (secondary N) is 1. The second-order valence-corrected chi connectivity index (χ2v) is 7.39. The average molecular weight is 375 g/mol. The van der Waals surface area contributed by atoms with Crippen LogP contribution in [0.25, 0.3) is 17.2 Å². The van der Waals surface area contributed by atoms with Crippen molar-refractivity contribution in [1.29, 1.82) is 5.26 Å². The minimum Gasteiger partial charge on any atom is -0.490 e. The Morgan fingerprint density at radius 3 is 2.86 bits per heavy atom. The minimum absolute atomic E-state index is 0.121. The van der Waals surface area contributed by atoms with Crippen LogP contribution < -0.4 is 10.1 Å². The van der Waals surface area contributed by atoms with Crippen LogP contribution in [0.15, 0.2) is 42.6 Å². The lowest BCUT2D eigenvalue weighted by molar-refractivity contribution is -0.118. The van der Waals surface area contributed by atoms with Crippen LogP contribution in [0, 0.1) is 11.3 Å². The van der Waals surface area contributed by atoms with Crippen LogP contribution in [-0.2, 0) is 13.0 Å². The van der Waals surface area contributed by atoms with E-state index in [0.29, 0.717) is 19.5 Å². The zero-order chi connectivity index (χ0) is 19.3. The number of rotatable bonds is 5. The molecule has 144 valence electrons. The number of hydrogen-bond donors (Lipinski definition) is 2. The van der Waals surface area contributed by atoms with E-state index in [2.05, 4.69) is 53.9 Å². The van der Waals surface area contributed by atoms with Gasteiger partial charge in [-0.3, -0.25) is 0 Å². The highest BCUT2D eigenvalue weighted by atomic mass is 16.5. The van der Waals surface area contributed by atoms with E-state index in [0.717, 1.165) is 42.7 Å². The van der Waals surface area contributed by atoms with Gasteiger partial charge in [0.2, 0.25) is 0 Å². The summed E-state index contributed by atoms with van der Waals surface area (Å²) in [6, 6.07) is 15.0. The molecule has 0 atom stereocenters. The van der Waals surface area contributed by atoms with Gasteiger partial charge in [-0.1, -0.05) is 24.3 Å². The Labute approximate surface area is 165 Å². The zero-order valence-electron chi connectivity index (χ0n) is 15.9. The Morgan fingerprint density at radius 1 is 1.18 bits per heavy atom. The summed E-state index contributed by atoms with van der Waals surface area (Å²) in [6.45, 7) is 2.04. The summed E-state index contributed by atoms with van der Waals surface area (Å²) in [6.07, 6.45) is 7.12. The smallest absolute Gasteiger partial charge is 0.125 e. The molecular formula is C23H25N3O2. The van der Waals surface area contributed by atoms with Crippen molar-refractivity contribution < 1.29 is 9.94 Å². The molecule has 2 aromatic carbocycles. The highest BCUT2D eigenvalue weighted by molar-refractivity contribution is 5.73. The molecule has 2 aliphatic rings. The fourth-order valence-electron chi connectivity index (χ4n) is 3.83. The van der Waals surface area contributed by atoms with Crippen LogP contribution >= 0.6 is 0 Å². The van der Waals surface area contributed by atoms with Gasteiger partial charge >= 0.3 is 0 Å². The van der Waals surface area contributed by atoms with E-state index >= 15 is 0 Å². The van der Waals surface area contributed by atoms with E-state index < -0.39 is 0 Å². The maximum absolute atomic E-state index is 9.60. The first-order valence-electron chi connectivity index (χ1n) is 9.86. The standard InChI is InChI=1S/C23H25N3O2/c24-9-2-4-17-3-1-5-18(13-17)20-14-19-6-10-25-16-22(19)23(15-20)28-21-7-11-26(27)12-8-21/h1,3,5-6,10,13-15,21,25,27H,2,4,7-8,11-12,16H2. The van der Waals surface area contributed by atoms with E-state index in [1.165, 1.54) is 21.8 Å². The Morgan fingerprint density at radius 2 is 2.04 bits per heavy atom. The molecule has 2 aromatic rings. The second-order valence-electron chi connectivity index (χ2n) is 7.39. The summed E-state index contributed by atoms with van der Waals surface area (Å²) < 4.78 is 6.40. The molecule has 5 heteroatoms. The fourth-order valence-corrected chi connectivity index (χ4v) is 3.83. The first kappa shape index (κ1) is 18.5. The van der Waals surface area contributed by atoms with Crippen LogP contribution in [0.3, 0.4) is 0 Å². The van der Waals surface area contributed by atoms with Crippen molar-refractivity contribution >= 4 is 6.08 Å². The van der Waals surface area contributed by atoms with Crippen LogP contribution in [0.5, 0.6) is 5.75 Å². The van der Waals surface area contributed by atoms with Gasteiger partial charge in [-0.05, 0) is 65.9 Å². The Hall–Kier alpha value is -2.81. The molecule has 0 aliphatic carbocycles. The van der Waals surface area contributed by atoms with E-state index in [-0.39, 0.29) is 6.10 Å². The van der Waals surface area contributed by atoms with Gasteiger partial charge in [-0.2, -0.15) is 10.3 Å². The van der Waals surface area contributed by atoms with E-state index in [9.17, 15) is 5.21 Å². The number of hydrogen-bond acceptors (Lipinski definition) is 5. The summed E-state index contributed by atoms with van der Waals surface area (Å²) in [5, 5.41) is 23.1. The van der Waals surface area contributed by atoms with Gasteiger partial charge in [0.1, 0.15) is 11.9 Å². The Bertz CT molecular complexity index is 909. The van der Waals surface area contributed by atoms with Crippen molar-refractivity contribution in [3.63, 3.8) is 0 Å². The number of nitriles is 1. The average Bonchev–Trinajstić information content (AvgIpc) is 2.74. The molecule has 5 nitrogen and oxygen atoms in total. The number of aryl methyl sites for hydroxylation is 1. The molecule has 0 saturated carbocycles. The number of fused-ring (bicyclic) bond motifs is 1. The second kappa shape index (κ2) is 8.47. The lowest BCUT2D eigenvalue weighted by Gasteiger charge is -2.29. The van der Waals surface area contributed by atoms with Crippen molar-refractivity contribution in [2.45, 2.75) is 38.3 Å². The number of nitrogens with zero attached hydrogens (tertiary/aromatic N) is 2. The molecule has 4 rings (SSSR count). The van der Waals surface area contributed by atoms with Gasteiger partial charge in [-0.15, -0.1) is 0 Å². The molecule has 0 bridgehead atoms. The van der Waals surface area contributed by atoms with Crippen molar-refractivity contribution in [1.82, 2.24) is 10.4 Å². The fraction of sp³-hybridized carbons (Fsp3) is 0.348. The SMILES string of the molecule is N#CCCc1cccc(-c2cc3c(c(OC4CCN(O)CC4)c2)CNC=C3)c1. The number of benzene rings is 2. The largest absolute Gasteiger partial charge is 0.490 e. The first-order chi connectivity index (χ1) is 13.7. The molecule has 2 N–H and O–H groups in total. The van der Waals surface area contributed by atoms with Gasteiger partial charge in [0.25, 0.3) is 0 Å². The molecule has 0 aromatic heterocycles. The monoisotopic (exact) mass is 375 g/mol. The van der Waals surface area contributed by atoms with Crippen LogP contribution in [-0.4, -0.2) is 29.5 Å². The van der Waals surface area contributed by atoms with Gasteiger partial charge in [0, 0.05) is 31.6 Å². The third kappa shape index (κ3) is 4.19. The summed E-state index contributed by atoms with van der Waals surface area (Å²) in [5.74, 6) is 0.920. The normalized spacial score (nSPS) is 16.9. The molecule has 1 fully saturated rings. The van der Waals surface area contributed by atoms with Crippen molar-refractivity contribution in [3.8, 4) is 22.9 Å². The first-order valence-corrected chi connectivity index (χ1v) is 9.86. The Balaban J connectivity index is 1.65. The molecule has 0 radical (unpaired) electrons. The maximum atomic E-state index is 9.60. The summed E-state index contributed by atoms with van der Waals surface area (Å²) in [5.41, 5.74) is 5.79. The molecule has 28 heavy (non-hydrogen) atoms. The summed E-state index contributed by atoms with van der Waals surface area (Å²) in [7, 11) is 0. The number of ether oxygens (including phenoxy) is 1. The molecule has 2 aliphatic heterocycles. The summed E-state index contributed by atoms with van der Waals surface area (Å²) >= 11 is 0. The van der Waals surface area contributed by atoms with Gasteiger partial charge in [0.05, 0.1) is 6.07 Å². The molecular weight excluding hydrogens is 350 g/mol. The van der Waals surface area contributed by atoms with Gasteiger partial charge in [0.15, 0.2) is 0 Å². The maximum Gasteiger partial charge on any atom is 0.125 e. The molecule has 1 saturated heterocycles. The van der Waals surface area contributed by atoms with Gasteiger partial charge < -0.3 is 15.3 Å². The van der Waals surface area contributed by atoms with E-state index in [1.54, 1.807) is 0 Å². The highest BCUT2D eigenvalue weighted by Crippen LogP contribution is 2.34. The highest BCUT2D eigenvalue weighted by Gasteiger charge is 2.22. The number of hydroxylamine groups is 2. The van der Waals surface area contributed by atoms with Crippen molar-refractivity contribution in [3.05, 3.63) is 59.3 Å². The third-order valence-electron chi connectivity index (χ3n) is 5.40. The van der Waals surface area contributed by atoms with Crippen molar-refractivity contribution in [2.75, 3.05) is 13.1 Å². The lowest BCUT2D eigenvalue weighted by atomic mass is 9.95. The predicted molar refractivity (Wildman–Crippen MR) is 109 cm³/mol. The van der Waals surface area contributed by atoms with Crippen molar-refractivity contribution in [2.24, 2.45) is 0 Å². The van der Waals surface area contributed by atoms with Crippen LogP contribution in [0.1, 0.15) is 36.0 Å². The van der Waals surface area contributed by atoms with Crippen LogP contribution in [0.4, 0.5) is 0 Å². The van der Waals surface area contributed by atoms with Gasteiger partial charge in [-0.25, -0.2) is 0 Å². The zero-order valence-corrected chi connectivity index (χ0v) is 15.9.